The molecular weight excluding hydrogens is 364 g/mol. The second-order valence-electron chi connectivity index (χ2n) is 7.59. The standard InChI is InChI=1S/C23H16N4O2/c24-8-3-10-12-6-16(27)22-18(29)7-17(28)21-15(26)5-11(20(12)23(21)22)9-1-2-14(25)13(4-8)19(9)10/h1-7,27-29H,24-26H2. The number of hydrogen-bond donors (Lipinski definition) is 6. The van der Waals surface area contributed by atoms with Gasteiger partial charge in [-0.1, -0.05) is 6.07 Å². The Kier molecular flexibility index (Phi) is 2.62. The minimum Gasteiger partial charge on any atom is -0.507 e. The molecule has 0 radical (unpaired) electrons. The van der Waals surface area contributed by atoms with E-state index in [2.05, 4.69) is 0 Å². The van der Waals surface area contributed by atoms with Crippen molar-refractivity contribution in [1.29, 1.82) is 5.41 Å². The third-order valence-electron chi connectivity index (χ3n) is 5.97. The number of anilines is 3. The van der Waals surface area contributed by atoms with Crippen LogP contribution in [0.3, 0.4) is 0 Å². The van der Waals surface area contributed by atoms with Crippen molar-refractivity contribution in [3.05, 3.63) is 47.2 Å². The summed E-state index contributed by atoms with van der Waals surface area (Å²) in [4.78, 5) is 0. The van der Waals surface area contributed by atoms with E-state index in [9.17, 15) is 10.2 Å². The van der Waals surface area contributed by atoms with E-state index in [-0.39, 0.29) is 17.2 Å². The summed E-state index contributed by atoms with van der Waals surface area (Å²) in [6.45, 7) is 0. The molecule has 6 rings (SSSR count). The molecule has 29 heavy (non-hydrogen) atoms. The largest absolute Gasteiger partial charge is 0.507 e. The highest BCUT2D eigenvalue weighted by atomic mass is 16.3. The van der Waals surface area contributed by atoms with Crippen molar-refractivity contribution < 1.29 is 10.2 Å². The number of nitrogen functional groups attached to an aromatic ring is 3. The van der Waals surface area contributed by atoms with E-state index >= 15 is 0 Å². The summed E-state index contributed by atoms with van der Waals surface area (Å²) < 4.78 is 0. The maximum atomic E-state index is 10.5. The number of phenols is 2. The van der Waals surface area contributed by atoms with Gasteiger partial charge in [0.25, 0.3) is 0 Å². The average Bonchev–Trinajstić information content (AvgIpc) is 2.65. The van der Waals surface area contributed by atoms with Gasteiger partial charge < -0.3 is 32.8 Å². The van der Waals surface area contributed by atoms with Crippen molar-refractivity contribution in [2.75, 3.05) is 17.2 Å². The molecule has 0 fully saturated rings. The Morgan fingerprint density at radius 1 is 0.655 bits per heavy atom. The van der Waals surface area contributed by atoms with Crippen LogP contribution in [0.15, 0.2) is 36.4 Å². The van der Waals surface area contributed by atoms with E-state index < -0.39 is 0 Å². The lowest BCUT2D eigenvalue weighted by Crippen LogP contribution is -2.16. The van der Waals surface area contributed by atoms with Crippen LogP contribution in [0.5, 0.6) is 11.5 Å². The predicted octanol–water partition coefficient (Wildman–Crippen LogP) is 3.34. The van der Waals surface area contributed by atoms with E-state index in [1.54, 1.807) is 6.08 Å². The maximum absolute atomic E-state index is 10.5. The van der Waals surface area contributed by atoms with Gasteiger partial charge in [-0.25, -0.2) is 0 Å². The molecule has 0 saturated heterocycles. The van der Waals surface area contributed by atoms with Gasteiger partial charge in [0.2, 0.25) is 0 Å². The molecule has 0 aromatic heterocycles. The van der Waals surface area contributed by atoms with Crippen molar-refractivity contribution in [2.45, 2.75) is 0 Å². The highest BCUT2D eigenvalue weighted by molar-refractivity contribution is 6.39. The molecule has 0 saturated carbocycles. The lowest BCUT2D eigenvalue weighted by Gasteiger charge is -2.21. The molecule has 0 aliphatic heterocycles. The Labute approximate surface area is 163 Å². The predicted molar refractivity (Wildman–Crippen MR) is 120 cm³/mol. The summed E-state index contributed by atoms with van der Waals surface area (Å²) in [5, 5.41) is 36.7. The van der Waals surface area contributed by atoms with E-state index in [0.29, 0.717) is 33.4 Å². The molecule has 6 heteroatoms. The summed E-state index contributed by atoms with van der Waals surface area (Å²) >= 11 is 0. The molecule has 9 N–H and O–H groups in total. The molecule has 6 nitrogen and oxygen atoms in total. The van der Waals surface area contributed by atoms with Crippen LogP contribution in [0.2, 0.25) is 0 Å². The Morgan fingerprint density at radius 3 is 2.21 bits per heavy atom. The number of aromatic hydroxyl groups is 2. The first kappa shape index (κ1) is 15.8. The van der Waals surface area contributed by atoms with E-state index in [0.717, 1.165) is 37.5 Å². The molecule has 0 amide bonds. The normalized spacial score (nSPS) is 13.2. The summed E-state index contributed by atoms with van der Waals surface area (Å²) in [6.07, 6.45) is 1.73. The van der Waals surface area contributed by atoms with Crippen LogP contribution in [0.1, 0.15) is 5.56 Å². The number of rotatable bonds is 0. The molecule has 0 atom stereocenters. The van der Waals surface area contributed by atoms with Crippen molar-refractivity contribution in [3.63, 3.8) is 0 Å². The van der Waals surface area contributed by atoms with Crippen LogP contribution in [-0.2, 0) is 0 Å². The lowest BCUT2D eigenvalue weighted by molar-refractivity contribution is 0.454. The third kappa shape index (κ3) is 1.73. The summed E-state index contributed by atoms with van der Waals surface area (Å²) in [7, 11) is 0. The first-order valence-corrected chi connectivity index (χ1v) is 9.11. The van der Waals surface area contributed by atoms with Gasteiger partial charge in [0.15, 0.2) is 0 Å². The zero-order valence-corrected chi connectivity index (χ0v) is 15.2. The number of hydrogen-bond acceptors (Lipinski definition) is 6. The maximum Gasteiger partial charge on any atom is 0.129 e. The van der Waals surface area contributed by atoms with Crippen molar-refractivity contribution >= 4 is 71.9 Å². The van der Waals surface area contributed by atoms with Gasteiger partial charge in [-0.05, 0) is 62.5 Å². The Balaban J connectivity index is 2.11. The smallest absolute Gasteiger partial charge is 0.129 e. The number of phenolic OH excluding ortho intramolecular Hbond substituents is 2. The Hall–Kier alpha value is -4.19. The highest BCUT2D eigenvalue weighted by Crippen LogP contribution is 2.45. The minimum absolute atomic E-state index is 0.114. The van der Waals surface area contributed by atoms with Gasteiger partial charge in [-0.3, -0.25) is 0 Å². The fraction of sp³-hybridized carbons (Fsp3) is 0. The van der Waals surface area contributed by atoms with E-state index in [1.807, 2.05) is 30.3 Å². The van der Waals surface area contributed by atoms with Crippen LogP contribution in [0, 0.1) is 5.41 Å². The van der Waals surface area contributed by atoms with Crippen molar-refractivity contribution in [1.82, 2.24) is 0 Å². The molecule has 1 aliphatic rings. The van der Waals surface area contributed by atoms with Crippen LogP contribution in [0.25, 0.3) is 49.2 Å². The first-order valence-electron chi connectivity index (χ1n) is 9.11. The summed E-state index contributed by atoms with van der Waals surface area (Å²) in [6, 6.07) is 10.6. The molecule has 5 aromatic rings. The molecule has 0 bridgehead atoms. The highest BCUT2D eigenvalue weighted by Gasteiger charge is 2.25. The van der Waals surface area contributed by atoms with E-state index in [1.165, 1.54) is 6.07 Å². The Morgan fingerprint density at radius 2 is 1.41 bits per heavy atom. The average molecular weight is 380 g/mol. The van der Waals surface area contributed by atoms with Gasteiger partial charge >= 0.3 is 0 Å². The molecule has 5 aromatic carbocycles. The van der Waals surface area contributed by atoms with Crippen molar-refractivity contribution in [2.24, 2.45) is 0 Å². The van der Waals surface area contributed by atoms with Gasteiger partial charge in [0, 0.05) is 39.3 Å². The molecule has 0 heterocycles. The van der Waals surface area contributed by atoms with Crippen LogP contribution in [0.4, 0.5) is 17.1 Å². The molecular formula is C23H16N4O2. The second-order valence-corrected chi connectivity index (χ2v) is 7.59. The molecule has 140 valence electrons. The fourth-order valence-electron chi connectivity index (χ4n) is 4.86. The third-order valence-corrected chi connectivity index (χ3v) is 5.97. The SMILES string of the molecule is N=C1C=c2c3cc(N)cc4c(N)ccc(c5cc(N)c6c(O)cc(O)c1c6c25)c43. The van der Waals surface area contributed by atoms with Crippen LogP contribution < -0.4 is 22.4 Å². The Bertz CT molecular complexity index is 1670. The lowest BCUT2D eigenvalue weighted by atomic mass is 9.83. The van der Waals surface area contributed by atoms with Crippen molar-refractivity contribution in [3.8, 4) is 11.5 Å². The number of benzene rings is 5. The first-order chi connectivity index (χ1) is 13.9. The number of nitrogens with one attached hydrogen (secondary N) is 1. The zero-order valence-electron chi connectivity index (χ0n) is 15.2. The topological polar surface area (TPSA) is 142 Å². The van der Waals surface area contributed by atoms with E-state index in [4.69, 9.17) is 22.6 Å². The van der Waals surface area contributed by atoms with Crippen LogP contribution in [-0.4, -0.2) is 15.9 Å². The quantitative estimate of drug-likeness (QED) is 0.139. The fourth-order valence-corrected chi connectivity index (χ4v) is 4.86. The number of nitrogens with two attached hydrogens (primary N) is 3. The summed E-state index contributed by atoms with van der Waals surface area (Å²) in [5.74, 6) is -0.264. The molecule has 0 spiro atoms. The second kappa shape index (κ2) is 4.80. The number of fused-ring (bicyclic) bond motifs is 2. The van der Waals surface area contributed by atoms with Gasteiger partial charge in [0.1, 0.15) is 11.5 Å². The molecule has 1 aliphatic carbocycles. The van der Waals surface area contributed by atoms with Crippen LogP contribution >= 0.6 is 0 Å². The summed E-state index contributed by atoms with van der Waals surface area (Å²) in [5.41, 5.74) is 20.9. The van der Waals surface area contributed by atoms with Gasteiger partial charge in [-0.15, -0.1) is 0 Å². The van der Waals surface area contributed by atoms with Gasteiger partial charge in [0.05, 0.1) is 11.3 Å². The molecule has 0 unspecified atom stereocenters. The minimum atomic E-state index is -0.149. The van der Waals surface area contributed by atoms with Gasteiger partial charge in [-0.2, -0.15) is 0 Å². The zero-order chi connectivity index (χ0) is 20.2. The monoisotopic (exact) mass is 380 g/mol.